The van der Waals surface area contributed by atoms with Crippen LogP contribution < -0.4 is 9.47 Å². The third kappa shape index (κ3) is 6.70. The molecule has 0 radical (unpaired) electrons. The minimum absolute atomic E-state index is 0.189. The molecule has 11 heteroatoms. The predicted octanol–water partition coefficient (Wildman–Crippen LogP) is 1.50. The quantitative estimate of drug-likeness (QED) is 0.289. The normalized spacial score (nSPS) is 23.7. The summed E-state index contributed by atoms with van der Waals surface area (Å²) in [7, 11) is 2.54. The highest BCUT2D eigenvalue weighted by Crippen LogP contribution is 2.35. The van der Waals surface area contributed by atoms with Crippen molar-refractivity contribution < 1.29 is 52.3 Å². The Balaban J connectivity index is 2.53. The Bertz CT molecular complexity index is 925. The van der Waals surface area contributed by atoms with Gasteiger partial charge in [-0.05, 0) is 24.1 Å². The van der Waals surface area contributed by atoms with Crippen molar-refractivity contribution in [2.75, 3.05) is 14.2 Å². The average Bonchev–Trinajstić information content (AvgIpc) is 2.77. The van der Waals surface area contributed by atoms with E-state index in [0.717, 1.165) is 33.4 Å². The van der Waals surface area contributed by atoms with Gasteiger partial charge in [-0.1, -0.05) is 12.1 Å². The lowest BCUT2D eigenvalue weighted by atomic mass is 9.97. The topological polar surface area (TPSA) is 133 Å². The second-order valence-corrected chi connectivity index (χ2v) is 7.27. The fourth-order valence-corrected chi connectivity index (χ4v) is 3.40. The number of ether oxygens (including phenoxy) is 7. The van der Waals surface area contributed by atoms with Crippen LogP contribution in [0.4, 0.5) is 0 Å². The average molecular weight is 480 g/mol. The van der Waals surface area contributed by atoms with Gasteiger partial charge in [0.15, 0.2) is 29.8 Å². The van der Waals surface area contributed by atoms with Gasteiger partial charge >= 0.3 is 23.9 Å². The number of rotatable bonds is 9. The standard InChI is InChI=1S/C23H28O11/c1-7-8-15-9-10-16(17(11-15)28-5)33-23-21(32-14(4)26)19(31-13(3)25)18(30-12(2)24)20(34-23)22(27)29-6/h7,9-11,18-21,23H,1,8H2,2-6H3/t18-,19-,20-,21+,23+/m0/s1. The van der Waals surface area contributed by atoms with Crippen LogP contribution in [0.5, 0.6) is 11.5 Å². The second-order valence-electron chi connectivity index (χ2n) is 7.27. The largest absolute Gasteiger partial charge is 0.493 e. The van der Waals surface area contributed by atoms with Gasteiger partial charge in [-0.15, -0.1) is 6.58 Å². The van der Waals surface area contributed by atoms with E-state index in [2.05, 4.69) is 6.58 Å². The number of hydrogen-bond acceptors (Lipinski definition) is 11. The zero-order valence-electron chi connectivity index (χ0n) is 19.6. The molecule has 1 aliphatic heterocycles. The smallest absolute Gasteiger partial charge is 0.339 e. The Kier molecular flexibility index (Phi) is 9.43. The van der Waals surface area contributed by atoms with E-state index < -0.39 is 54.6 Å². The van der Waals surface area contributed by atoms with E-state index in [4.69, 9.17) is 33.2 Å². The number of carbonyl (C=O) groups excluding carboxylic acids is 4. The molecule has 0 aliphatic carbocycles. The van der Waals surface area contributed by atoms with Crippen LogP contribution in [0.3, 0.4) is 0 Å². The van der Waals surface area contributed by atoms with E-state index in [9.17, 15) is 19.2 Å². The molecule has 0 N–H and O–H groups in total. The zero-order chi connectivity index (χ0) is 25.4. The molecule has 11 nitrogen and oxygen atoms in total. The van der Waals surface area contributed by atoms with Crippen LogP contribution in [0, 0.1) is 0 Å². The van der Waals surface area contributed by atoms with Crippen LogP contribution in [0.2, 0.25) is 0 Å². The number of carbonyl (C=O) groups is 4. The van der Waals surface area contributed by atoms with Crippen molar-refractivity contribution in [3.63, 3.8) is 0 Å². The van der Waals surface area contributed by atoms with Gasteiger partial charge in [-0.2, -0.15) is 0 Å². The molecular weight excluding hydrogens is 452 g/mol. The Hall–Kier alpha value is -3.60. The minimum atomic E-state index is -1.55. The third-order valence-electron chi connectivity index (χ3n) is 4.69. The summed E-state index contributed by atoms with van der Waals surface area (Å²) in [5.74, 6) is -2.74. The van der Waals surface area contributed by atoms with Crippen molar-refractivity contribution in [3.8, 4) is 11.5 Å². The molecule has 0 amide bonds. The Morgan fingerprint density at radius 2 is 1.50 bits per heavy atom. The van der Waals surface area contributed by atoms with E-state index in [-0.39, 0.29) is 5.75 Å². The predicted molar refractivity (Wildman–Crippen MR) is 115 cm³/mol. The van der Waals surface area contributed by atoms with Crippen LogP contribution in [-0.4, -0.2) is 68.8 Å². The molecule has 34 heavy (non-hydrogen) atoms. The van der Waals surface area contributed by atoms with Gasteiger partial charge < -0.3 is 33.2 Å². The monoisotopic (exact) mass is 480 g/mol. The van der Waals surface area contributed by atoms with Crippen molar-refractivity contribution in [2.45, 2.75) is 57.9 Å². The SMILES string of the molecule is C=CCc1ccc(O[C@@H]2O[C@H](C(=O)OC)[C@@H](OC(C)=O)[C@H](OC(C)=O)[C@H]2OC(C)=O)c(OC)c1. The van der Waals surface area contributed by atoms with Crippen molar-refractivity contribution in [3.05, 3.63) is 36.4 Å². The molecule has 1 heterocycles. The molecule has 1 aromatic carbocycles. The number of esters is 4. The lowest BCUT2D eigenvalue weighted by Crippen LogP contribution is -2.64. The number of benzene rings is 1. The number of allylic oxidation sites excluding steroid dienone is 1. The lowest BCUT2D eigenvalue weighted by molar-refractivity contribution is -0.282. The summed E-state index contributed by atoms with van der Waals surface area (Å²) >= 11 is 0. The molecular formula is C23H28O11. The summed E-state index contributed by atoms with van der Waals surface area (Å²) in [6, 6.07) is 5.06. The summed E-state index contributed by atoms with van der Waals surface area (Å²) in [6.45, 7) is 7.02. The van der Waals surface area contributed by atoms with Gasteiger partial charge in [0.1, 0.15) is 0 Å². The third-order valence-corrected chi connectivity index (χ3v) is 4.69. The fraction of sp³-hybridized carbons (Fsp3) is 0.478. The summed E-state index contributed by atoms with van der Waals surface area (Å²) < 4.78 is 37.7. The van der Waals surface area contributed by atoms with Gasteiger partial charge in [0.2, 0.25) is 12.4 Å². The van der Waals surface area contributed by atoms with Crippen LogP contribution in [-0.2, 0) is 49.3 Å². The minimum Gasteiger partial charge on any atom is -0.493 e. The number of methoxy groups -OCH3 is 2. The van der Waals surface area contributed by atoms with Crippen molar-refractivity contribution in [1.29, 1.82) is 0 Å². The van der Waals surface area contributed by atoms with Gasteiger partial charge in [-0.25, -0.2) is 4.79 Å². The lowest BCUT2D eigenvalue weighted by Gasteiger charge is -2.43. The Morgan fingerprint density at radius 1 is 0.912 bits per heavy atom. The Labute approximate surface area is 196 Å². The van der Waals surface area contributed by atoms with Gasteiger partial charge in [0, 0.05) is 20.8 Å². The highest BCUT2D eigenvalue weighted by molar-refractivity contribution is 5.77. The second kappa shape index (κ2) is 12.0. The molecule has 1 saturated heterocycles. The molecule has 1 aliphatic rings. The molecule has 5 atom stereocenters. The van der Waals surface area contributed by atoms with Crippen molar-refractivity contribution >= 4 is 23.9 Å². The zero-order valence-corrected chi connectivity index (χ0v) is 19.6. The molecule has 0 saturated carbocycles. The first-order valence-corrected chi connectivity index (χ1v) is 10.3. The van der Waals surface area contributed by atoms with Crippen LogP contribution >= 0.6 is 0 Å². The highest BCUT2D eigenvalue weighted by atomic mass is 16.7. The molecule has 0 bridgehead atoms. The van der Waals surface area contributed by atoms with Gasteiger partial charge in [0.25, 0.3) is 0 Å². The van der Waals surface area contributed by atoms with Crippen LogP contribution in [0.25, 0.3) is 0 Å². The highest BCUT2D eigenvalue weighted by Gasteiger charge is 2.56. The van der Waals surface area contributed by atoms with Crippen molar-refractivity contribution in [1.82, 2.24) is 0 Å². The van der Waals surface area contributed by atoms with Crippen LogP contribution in [0.1, 0.15) is 26.3 Å². The molecule has 1 aromatic rings. The first-order chi connectivity index (χ1) is 16.1. The van der Waals surface area contributed by atoms with E-state index in [1.54, 1.807) is 24.3 Å². The summed E-state index contributed by atoms with van der Waals surface area (Å²) in [4.78, 5) is 47.9. The van der Waals surface area contributed by atoms with E-state index in [1.807, 2.05) is 0 Å². The van der Waals surface area contributed by atoms with E-state index >= 15 is 0 Å². The molecule has 0 aromatic heterocycles. The maximum absolute atomic E-state index is 12.5. The molecule has 0 unspecified atom stereocenters. The molecule has 2 rings (SSSR count). The van der Waals surface area contributed by atoms with Crippen LogP contribution in [0.15, 0.2) is 30.9 Å². The first kappa shape index (κ1) is 26.7. The molecule has 0 spiro atoms. The summed E-state index contributed by atoms with van der Waals surface area (Å²) in [6.07, 6.45) is -5.06. The fourth-order valence-electron chi connectivity index (χ4n) is 3.40. The maximum atomic E-state index is 12.5. The van der Waals surface area contributed by atoms with Gasteiger partial charge in [-0.3, -0.25) is 14.4 Å². The van der Waals surface area contributed by atoms with Gasteiger partial charge in [0.05, 0.1) is 14.2 Å². The number of hydrogen-bond donors (Lipinski definition) is 0. The molecule has 186 valence electrons. The summed E-state index contributed by atoms with van der Waals surface area (Å²) in [5, 5.41) is 0. The van der Waals surface area contributed by atoms with E-state index in [0.29, 0.717) is 12.2 Å². The molecule has 1 fully saturated rings. The maximum Gasteiger partial charge on any atom is 0.339 e. The summed E-state index contributed by atoms with van der Waals surface area (Å²) in [5.41, 5.74) is 0.889. The first-order valence-electron chi connectivity index (χ1n) is 10.3. The Morgan fingerprint density at radius 3 is 2.03 bits per heavy atom. The van der Waals surface area contributed by atoms with Crippen molar-refractivity contribution in [2.24, 2.45) is 0 Å². The van der Waals surface area contributed by atoms with E-state index in [1.165, 1.54) is 7.11 Å².